The Morgan fingerprint density at radius 2 is 2.33 bits per heavy atom. The summed E-state index contributed by atoms with van der Waals surface area (Å²) in [7, 11) is 0. The Labute approximate surface area is 103 Å². The van der Waals surface area contributed by atoms with E-state index in [1.165, 1.54) is 6.33 Å². The van der Waals surface area contributed by atoms with E-state index < -0.39 is 0 Å². The molecule has 6 heteroatoms. The predicted molar refractivity (Wildman–Crippen MR) is 70.2 cm³/mol. The van der Waals surface area contributed by atoms with Gasteiger partial charge in [0.2, 0.25) is 0 Å². The van der Waals surface area contributed by atoms with Crippen LogP contribution in [-0.2, 0) is 0 Å². The first kappa shape index (κ1) is 12.6. The fourth-order valence-electron chi connectivity index (χ4n) is 1.12. The minimum absolute atomic E-state index is 0.463. The number of nitrogens with zero attached hydrogens (tertiary/aromatic N) is 2. The van der Waals surface area contributed by atoms with E-state index in [1.54, 1.807) is 0 Å². The van der Waals surface area contributed by atoms with Gasteiger partial charge in [-0.25, -0.2) is 9.97 Å². The molecule has 1 heterocycles. The number of aromatic nitrogens is 2. The van der Waals surface area contributed by atoms with Crippen molar-refractivity contribution in [2.45, 2.75) is 6.92 Å². The molecule has 1 atom stereocenters. The van der Waals surface area contributed by atoms with Crippen molar-refractivity contribution in [1.82, 2.24) is 9.97 Å². The number of nitrogen functional groups attached to an aromatic ring is 1. The molecule has 0 bridgehead atoms. The van der Waals surface area contributed by atoms with Gasteiger partial charge in [-0.3, -0.25) is 0 Å². The van der Waals surface area contributed by atoms with Gasteiger partial charge in [0.25, 0.3) is 0 Å². The van der Waals surface area contributed by atoms with Crippen molar-refractivity contribution in [3.63, 3.8) is 0 Å². The molecule has 0 saturated carbocycles. The molecule has 1 unspecified atom stereocenters. The number of hydrogen-bond acceptors (Lipinski definition) is 5. The predicted octanol–water partition coefficient (Wildman–Crippen LogP) is 2.23. The van der Waals surface area contributed by atoms with E-state index in [0.29, 0.717) is 11.7 Å². The molecule has 3 N–H and O–H groups in total. The highest BCUT2D eigenvalue weighted by atomic mass is 79.9. The maximum absolute atomic E-state index is 5.64. The molecule has 0 fully saturated rings. The van der Waals surface area contributed by atoms with Gasteiger partial charge in [0, 0.05) is 6.54 Å². The molecule has 0 saturated heterocycles. The molecular formula is C9H15BrN4S. The molecule has 1 aromatic heterocycles. The average molecular weight is 291 g/mol. The fourth-order valence-corrected chi connectivity index (χ4v) is 2.15. The molecular weight excluding hydrogens is 276 g/mol. The maximum atomic E-state index is 5.64. The van der Waals surface area contributed by atoms with Gasteiger partial charge in [0.05, 0.1) is 0 Å². The van der Waals surface area contributed by atoms with Crippen molar-refractivity contribution in [2.75, 3.05) is 29.6 Å². The summed E-state index contributed by atoms with van der Waals surface area (Å²) in [5, 5.41) is 3.25. The zero-order valence-corrected chi connectivity index (χ0v) is 11.2. The highest BCUT2D eigenvalue weighted by molar-refractivity contribution is 9.10. The number of halogens is 1. The first-order valence-electron chi connectivity index (χ1n) is 4.64. The van der Waals surface area contributed by atoms with Crippen molar-refractivity contribution in [1.29, 1.82) is 0 Å². The molecule has 1 rings (SSSR count). The summed E-state index contributed by atoms with van der Waals surface area (Å²) in [5.41, 5.74) is 5.64. The fraction of sp³-hybridized carbons (Fsp3) is 0.556. The molecule has 0 aliphatic rings. The van der Waals surface area contributed by atoms with Crippen molar-refractivity contribution in [3.05, 3.63) is 10.8 Å². The van der Waals surface area contributed by atoms with Gasteiger partial charge in [-0.05, 0) is 33.9 Å². The van der Waals surface area contributed by atoms with E-state index in [2.05, 4.69) is 44.4 Å². The molecule has 0 radical (unpaired) electrons. The molecule has 1 aromatic rings. The van der Waals surface area contributed by atoms with Gasteiger partial charge in [0.1, 0.15) is 22.4 Å². The van der Waals surface area contributed by atoms with Crippen LogP contribution in [0, 0.1) is 5.92 Å². The molecule has 84 valence electrons. The summed E-state index contributed by atoms with van der Waals surface area (Å²) >= 11 is 5.19. The number of thioether (sulfide) groups is 1. The summed E-state index contributed by atoms with van der Waals surface area (Å²) in [6.45, 7) is 3.08. The normalized spacial score (nSPS) is 12.5. The van der Waals surface area contributed by atoms with Crippen LogP contribution >= 0.6 is 27.7 Å². The summed E-state index contributed by atoms with van der Waals surface area (Å²) in [6, 6.07) is 0. The zero-order valence-electron chi connectivity index (χ0n) is 8.83. The molecule has 0 aromatic carbocycles. The third-order valence-corrected chi connectivity index (χ3v) is 3.57. The second-order valence-corrected chi connectivity index (χ2v) is 5.07. The Bertz CT molecular complexity index is 321. The van der Waals surface area contributed by atoms with Crippen LogP contribution in [0.15, 0.2) is 10.8 Å². The van der Waals surface area contributed by atoms with E-state index in [1.807, 2.05) is 11.8 Å². The highest BCUT2D eigenvalue weighted by Crippen LogP contribution is 2.24. The van der Waals surface area contributed by atoms with E-state index in [4.69, 9.17) is 5.73 Å². The topological polar surface area (TPSA) is 63.8 Å². The van der Waals surface area contributed by atoms with Gasteiger partial charge < -0.3 is 11.1 Å². The molecule has 0 aliphatic heterocycles. The van der Waals surface area contributed by atoms with E-state index in [9.17, 15) is 0 Å². The smallest absolute Gasteiger partial charge is 0.145 e. The Hall–Kier alpha value is -0.490. The highest BCUT2D eigenvalue weighted by Gasteiger charge is 2.07. The summed E-state index contributed by atoms with van der Waals surface area (Å²) in [6.07, 6.45) is 3.57. The van der Waals surface area contributed by atoms with Crippen molar-refractivity contribution >= 4 is 39.3 Å². The van der Waals surface area contributed by atoms with Gasteiger partial charge in [-0.1, -0.05) is 6.92 Å². The SMILES string of the molecule is CSCC(C)CNc1ncnc(N)c1Br. The Balaban J connectivity index is 2.54. The zero-order chi connectivity index (χ0) is 11.3. The van der Waals surface area contributed by atoms with Gasteiger partial charge in [-0.15, -0.1) is 0 Å². The number of nitrogens with one attached hydrogen (secondary N) is 1. The second kappa shape index (κ2) is 6.17. The van der Waals surface area contributed by atoms with Crippen molar-refractivity contribution in [3.8, 4) is 0 Å². The van der Waals surface area contributed by atoms with Gasteiger partial charge >= 0.3 is 0 Å². The number of anilines is 2. The van der Waals surface area contributed by atoms with Crippen molar-refractivity contribution in [2.24, 2.45) is 5.92 Å². The van der Waals surface area contributed by atoms with Crippen molar-refractivity contribution < 1.29 is 0 Å². The van der Waals surface area contributed by atoms with Crippen LogP contribution in [0.25, 0.3) is 0 Å². The number of rotatable bonds is 5. The van der Waals surface area contributed by atoms with Crippen LogP contribution in [0.4, 0.5) is 11.6 Å². The lowest BCUT2D eigenvalue weighted by Gasteiger charge is -2.12. The Morgan fingerprint density at radius 3 is 3.00 bits per heavy atom. The summed E-state index contributed by atoms with van der Waals surface area (Å²) in [4.78, 5) is 7.99. The molecule has 15 heavy (non-hydrogen) atoms. The summed E-state index contributed by atoms with van der Waals surface area (Å²) < 4.78 is 0.737. The minimum atomic E-state index is 0.463. The van der Waals surface area contributed by atoms with Gasteiger partial charge in [-0.2, -0.15) is 11.8 Å². The standard InChI is InChI=1S/C9H15BrN4S/c1-6(4-15-2)3-12-9-7(10)8(11)13-5-14-9/h5-6H,3-4H2,1-2H3,(H3,11,12,13,14). The monoisotopic (exact) mass is 290 g/mol. The largest absolute Gasteiger partial charge is 0.383 e. The maximum Gasteiger partial charge on any atom is 0.145 e. The number of hydrogen-bond donors (Lipinski definition) is 2. The first-order chi connectivity index (χ1) is 7.15. The second-order valence-electron chi connectivity index (χ2n) is 3.36. The van der Waals surface area contributed by atoms with Crippen LogP contribution in [0.5, 0.6) is 0 Å². The van der Waals surface area contributed by atoms with Gasteiger partial charge in [0.15, 0.2) is 0 Å². The van der Waals surface area contributed by atoms with E-state index in [0.717, 1.165) is 22.6 Å². The molecule has 4 nitrogen and oxygen atoms in total. The van der Waals surface area contributed by atoms with Crippen LogP contribution in [0.2, 0.25) is 0 Å². The Kier molecular flexibility index (Phi) is 5.17. The quantitative estimate of drug-likeness (QED) is 0.871. The van der Waals surface area contributed by atoms with Crippen LogP contribution in [0.3, 0.4) is 0 Å². The lowest BCUT2D eigenvalue weighted by molar-refractivity contribution is 0.699. The van der Waals surface area contributed by atoms with E-state index in [-0.39, 0.29) is 0 Å². The molecule has 0 amide bonds. The lowest BCUT2D eigenvalue weighted by Crippen LogP contribution is -2.14. The third-order valence-electron chi connectivity index (χ3n) is 1.89. The third kappa shape index (κ3) is 3.87. The Morgan fingerprint density at radius 1 is 1.60 bits per heavy atom. The molecule has 0 aliphatic carbocycles. The summed E-state index contributed by atoms with van der Waals surface area (Å²) in [5.74, 6) is 2.95. The van der Waals surface area contributed by atoms with Crippen LogP contribution in [-0.4, -0.2) is 28.5 Å². The number of nitrogens with two attached hydrogens (primary N) is 1. The van der Waals surface area contributed by atoms with Crippen LogP contribution in [0.1, 0.15) is 6.92 Å². The first-order valence-corrected chi connectivity index (χ1v) is 6.82. The van der Waals surface area contributed by atoms with E-state index >= 15 is 0 Å². The molecule has 0 spiro atoms. The average Bonchev–Trinajstić information content (AvgIpc) is 2.21. The lowest BCUT2D eigenvalue weighted by atomic mass is 10.2. The van der Waals surface area contributed by atoms with Crippen LogP contribution < -0.4 is 11.1 Å². The minimum Gasteiger partial charge on any atom is -0.383 e.